The quantitative estimate of drug-likeness (QED) is 0.826. The number of thiocarbonyl (C=S) groups is 1. The Morgan fingerprint density at radius 3 is 3.00 bits per heavy atom. The first-order chi connectivity index (χ1) is 9.69. The van der Waals surface area contributed by atoms with Gasteiger partial charge in [0.15, 0.2) is 5.11 Å². The second-order valence-electron chi connectivity index (χ2n) is 4.81. The van der Waals surface area contributed by atoms with Crippen molar-refractivity contribution in [2.45, 2.75) is 20.0 Å². The van der Waals surface area contributed by atoms with Gasteiger partial charge in [0, 0.05) is 32.1 Å². The van der Waals surface area contributed by atoms with Crippen LogP contribution in [0.4, 0.5) is 0 Å². The molecule has 1 aromatic rings. The van der Waals surface area contributed by atoms with E-state index >= 15 is 0 Å². The Hall–Kier alpha value is -0.760. The lowest BCUT2D eigenvalue weighted by Crippen LogP contribution is -2.36. The molecule has 2 heterocycles. The van der Waals surface area contributed by atoms with Crippen LogP contribution in [0.25, 0.3) is 0 Å². The average molecular weight is 314 g/mol. The fourth-order valence-corrected chi connectivity index (χ4v) is 3.08. The van der Waals surface area contributed by atoms with Crippen LogP contribution >= 0.6 is 23.6 Å². The molecule has 0 atom stereocenters. The number of morpholine rings is 1. The summed E-state index contributed by atoms with van der Waals surface area (Å²) in [7, 11) is 1.99. The molecule has 0 spiro atoms. The predicted octanol–water partition coefficient (Wildman–Crippen LogP) is 1.30. The van der Waals surface area contributed by atoms with Crippen molar-refractivity contribution in [3.63, 3.8) is 0 Å². The number of aromatic nitrogens is 1. The molecule has 0 radical (unpaired) electrons. The normalized spacial score (nSPS) is 16.1. The number of hydrogen-bond acceptors (Lipinski definition) is 5. The SMILES string of the molecule is CCNC(=S)N(C)Cc1csc(CN2CCOCC2)n1. The summed E-state index contributed by atoms with van der Waals surface area (Å²) >= 11 is 7.01. The van der Waals surface area contributed by atoms with Crippen LogP contribution in [0, 0.1) is 0 Å². The zero-order valence-electron chi connectivity index (χ0n) is 12.1. The van der Waals surface area contributed by atoms with Crippen LogP contribution in [-0.2, 0) is 17.8 Å². The number of nitrogens with zero attached hydrogens (tertiary/aromatic N) is 3. The third kappa shape index (κ3) is 4.66. The molecule has 1 aromatic heterocycles. The van der Waals surface area contributed by atoms with Gasteiger partial charge < -0.3 is 15.0 Å². The van der Waals surface area contributed by atoms with Crippen molar-refractivity contribution in [1.82, 2.24) is 20.1 Å². The molecular formula is C13H22N4OS2. The Bertz CT molecular complexity index is 432. The summed E-state index contributed by atoms with van der Waals surface area (Å²) in [5, 5.41) is 7.22. The van der Waals surface area contributed by atoms with Crippen LogP contribution in [0.5, 0.6) is 0 Å². The van der Waals surface area contributed by atoms with Gasteiger partial charge in [-0.05, 0) is 19.1 Å². The van der Waals surface area contributed by atoms with E-state index in [-0.39, 0.29) is 0 Å². The van der Waals surface area contributed by atoms with Crippen LogP contribution in [-0.4, -0.2) is 59.8 Å². The summed E-state index contributed by atoms with van der Waals surface area (Å²) in [5.41, 5.74) is 1.08. The molecule has 1 fully saturated rings. The monoisotopic (exact) mass is 314 g/mol. The van der Waals surface area contributed by atoms with Gasteiger partial charge >= 0.3 is 0 Å². The van der Waals surface area contributed by atoms with Gasteiger partial charge in [-0.2, -0.15) is 0 Å². The van der Waals surface area contributed by atoms with E-state index in [9.17, 15) is 0 Å². The van der Waals surface area contributed by atoms with E-state index in [1.165, 1.54) is 5.01 Å². The molecule has 5 nitrogen and oxygen atoms in total. The molecule has 1 saturated heterocycles. The Balaban J connectivity index is 1.83. The second kappa shape index (κ2) is 7.87. The summed E-state index contributed by atoms with van der Waals surface area (Å²) in [6, 6.07) is 0. The van der Waals surface area contributed by atoms with Gasteiger partial charge in [-0.25, -0.2) is 4.98 Å². The van der Waals surface area contributed by atoms with Gasteiger partial charge in [0.25, 0.3) is 0 Å². The molecule has 0 aliphatic carbocycles. The lowest BCUT2D eigenvalue weighted by atomic mass is 10.4. The summed E-state index contributed by atoms with van der Waals surface area (Å²) in [6.45, 7) is 8.24. The summed E-state index contributed by atoms with van der Waals surface area (Å²) in [6.07, 6.45) is 0. The van der Waals surface area contributed by atoms with Crippen molar-refractivity contribution in [3.05, 3.63) is 16.1 Å². The summed E-state index contributed by atoms with van der Waals surface area (Å²) in [4.78, 5) is 9.10. The Kier molecular flexibility index (Phi) is 6.15. The molecule has 0 aromatic carbocycles. The molecule has 1 aliphatic rings. The van der Waals surface area contributed by atoms with Gasteiger partial charge in [-0.1, -0.05) is 0 Å². The number of ether oxygens (including phenoxy) is 1. The maximum Gasteiger partial charge on any atom is 0.169 e. The number of nitrogens with one attached hydrogen (secondary N) is 1. The first-order valence-corrected chi connectivity index (χ1v) is 8.20. The molecule has 20 heavy (non-hydrogen) atoms. The Labute approximate surface area is 129 Å². The van der Waals surface area contributed by atoms with E-state index in [1.54, 1.807) is 11.3 Å². The van der Waals surface area contributed by atoms with E-state index in [2.05, 4.69) is 15.6 Å². The van der Waals surface area contributed by atoms with E-state index < -0.39 is 0 Å². The minimum atomic E-state index is 0.755. The zero-order chi connectivity index (χ0) is 14.4. The molecule has 0 unspecified atom stereocenters. The minimum Gasteiger partial charge on any atom is -0.379 e. The second-order valence-corrected chi connectivity index (χ2v) is 6.14. The molecule has 1 N–H and O–H groups in total. The number of rotatable bonds is 5. The van der Waals surface area contributed by atoms with Crippen molar-refractivity contribution < 1.29 is 4.74 Å². The van der Waals surface area contributed by atoms with Crippen molar-refractivity contribution in [3.8, 4) is 0 Å². The Morgan fingerprint density at radius 1 is 1.55 bits per heavy atom. The fraction of sp³-hybridized carbons (Fsp3) is 0.692. The maximum atomic E-state index is 5.36. The van der Waals surface area contributed by atoms with Crippen LogP contribution in [0.15, 0.2) is 5.38 Å². The third-order valence-electron chi connectivity index (χ3n) is 3.14. The Morgan fingerprint density at radius 2 is 2.30 bits per heavy atom. The first-order valence-electron chi connectivity index (χ1n) is 6.91. The topological polar surface area (TPSA) is 40.6 Å². The van der Waals surface area contributed by atoms with Crippen molar-refractivity contribution in [1.29, 1.82) is 0 Å². The average Bonchev–Trinajstić information content (AvgIpc) is 2.87. The summed E-state index contributed by atoms with van der Waals surface area (Å²) in [5.74, 6) is 0. The maximum absolute atomic E-state index is 5.36. The van der Waals surface area contributed by atoms with E-state index in [0.717, 1.165) is 56.7 Å². The highest BCUT2D eigenvalue weighted by Gasteiger charge is 2.13. The smallest absolute Gasteiger partial charge is 0.169 e. The van der Waals surface area contributed by atoms with Crippen molar-refractivity contribution >= 4 is 28.7 Å². The van der Waals surface area contributed by atoms with Crippen molar-refractivity contribution in [2.75, 3.05) is 39.9 Å². The third-order valence-corrected chi connectivity index (χ3v) is 4.47. The van der Waals surface area contributed by atoms with Crippen LogP contribution in [0.2, 0.25) is 0 Å². The molecule has 0 bridgehead atoms. The van der Waals surface area contributed by atoms with Gasteiger partial charge in [0.1, 0.15) is 5.01 Å². The minimum absolute atomic E-state index is 0.755. The van der Waals surface area contributed by atoms with E-state index in [0.29, 0.717) is 0 Å². The van der Waals surface area contributed by atoms with Gasteiger partial charge in [-0.3, -0.25) is 4.90 Å². The molecule has 0 amide bonds. The molecular weight excluding hydrogens is 292 g/mol. The summed E-state index contributed by atoms with van der Waals surface area (Å²) < 4.78 is 5.36. The van der Waals surface area contributed by atoms with Gasteiger partial charge in [-0.15, -0.1) is 11.3 Å². The molecule has 7 heteroatoms. The lowest BCUT2D eigenvalue weighted by molar-refractivity contribution is 0.0341. The van der Waals surface area contributed by atoms with Crippen molar-refractivity contribution in [2.24, 2.45) is 0 Å². The predicted molar refractivity (Wildman–Crippen MR) is 86.0 cm³/mol. The van der Waals surface area contributed by atoms with E-state index in [4.69, 9.17) is 21.9 Å². The number of hydrogen-bond donors (Lipinski definition) is 1. The molecule has 0 saturated carbocycles. The van der Waals surface area contributed by atoms with Crippen LogP contribution in [0.1, 0.15) is 17.6 Å². The molecule has 1 aliphatic heterocycles. The first kappa shape index (κ1) is 15.6. The lowest BCUT2D eigenvalue weighted by Gasteiger charge is -2.25. The fourth-order valence-electron chi connectivity index (χ4n) is 2.05. The number of thiazole rings is 1. The zero-order valence-corrected chi connectivity index (χ0v) is 13.7. The highest BCUT2D eigenvalue weighted by Crippen LogP contribution is 2.14. The van der Waals surface area contributed by atoms with Gasteiger partial charge in [0.2, 0.25) is 0 Å². The molecule has 112 valence electrons. The highest BCUT2D eigenvalue weighted by molar-refractivity contribution is 7.80. The highest BCUT2D eigenvalue weighted by atomic mass is 32.1. The molecule has 2 rings (SSSR count). The van der Waals surface area contributed by atoms with Crippen LogP contribution in [0.3, 0.4) is 0 Å². The van der Waals surface area contributed by atoms with Gasteiger partial charge in [0.05, 0.1) is 32.0 Å². The standard InChI is InChI=1S/C13H22N4OS2/c1-3-14-13(19)16(2)8-11-10-20-12(15-11)9-17-4-6-18-7-5-17/h10H,3-9H2,1-2H3,(H,14,19). The van der Waals surface area contributed by atoms with Crippen LogP contribution < -0.4 is 5.32 Å². The van der Waals surface area contributed by atoms with E-state index in [1.807, 2.05) is 18.9 Å². The largest absolute Gasteiger partial charge is 0.379 e.